The Kier molecular flexibility index (Phi) is 1.78. The summed E-state index contributed by atoms with van der Waals surface area (Å²) in [7, 11) is 0. The van der Waals surface area contributed by atoms with Crippen molar-refractivity contribution in [3.63, 3.8) is 0 Å². The first-order valence-electron chi connectivity index (χ1n) is 3.86. The van der Waals surface area contributed by atoms with Crippen molar-refractivity contribution in [3.05, 3.63) is 45.7 Å². The Morgan fingerprint density at radius 2 is 2.07 bits per heavy atom. The molecule has 0 fully saturated rings. The van der Waals surface area contributed by atoms with Gasteiger partial charge in [-0.3, -0.25) is 4.79 Å². The third-order valence-corrected chi connectivity index (χ3v) is 1.86. The maximum absolute atomic E-state index is 11.3. The zero-order chi connectivity index (χ0) is 10.1. The van der Waals surface area contributed by atoms with Crippen molar-refractivity contribution < 1.29 is 14.5 Å². The highest BCUT2D eigenvalue weighted by molar-refractivity contribution is 5.78. The van der Waals surface area contributed by atoms with E-state index >= 15 is 0 Å². The van der Waals surface area contributed by atoms with Crippen LogP contribution in [0.4, 0.5) is 5.69 Å². The maximum atomic E-state index is 11.3. The first-order chi connectivity index (χ1) is 6.68. The van der Waals surface area contributed by atoms with E-state index in [9.17, 15) is 9.70 Å². The number of hydrogen-bond donors (Lipinski definition) is 1. The highest BCUT2D eigenvalue weighted by Gasteiger charge is 2.13. The molecule has 5 heteroatoms. The molecule has 0 bridgehead atoms. The van der Waals surface area contributed by atoms with E-state index in [0.29, 0.717) is 5.58 Å². The number of hydrogen-bond acceptors (Lipinski definition) is 3. The summed E-state index contributed by atoms with van der Waals surface area (Å²) < 4.78 is 5.03. The molecule has 14 heavy (non-hydrogen) atoms. The first-order valence-corrected chi connectivity index (χ1v) is 3.86. The summed E-state index contributed by atoms with van der Waals surface area (Å²) in [5.41, 5.74) is 0.119. The minimum Gasteiger partial charge on any atom is -0.464 e. The zero-order valence-electron chi connectivity index (χ0n) is 7.01. The van der Waals surface area contributed by atoms with Gasteiger partial charge in [-0.1, -0.05) is 0 Å². The van der Waals surface area contributed by atoms with Crippen LogP contribution in [0, 0.1) is 4.91 Å². The molecule has 0 amide bonds. The van der Waals surface area contributed by atoms with Crippen LogP contribution in [0.1, 0.15) is 0 Å². The topological polar surface area (TPSA) is 70.5 Å². The Bertz CT molecular complexity index is 558. The van der Waals surface area contributed by atoms with Crippen molar-refractivity contribution in [1.82, 2.24) is 0 Å². The summed E-state index contributed by atoms with van der Waals surface area (Å²) in [4.78, 5) is 21.5. The number of benzene rings is 1. The first kappa shape index (κ1) is 8.43. The lowest BCUT2D eigenvalue weighted by molar-refractivity contribution is -0.729. The van der Waals surface area contributed by atoms with Gasteiger partial charge in [0.1, 0.15) is 5.58 Å². The fourth-order valence-corrected chi connectivity index (χ4v) is 1.19. The van der Waals surface area contributed by atoms with Gasteiger partial charge in [-0.2, -0.15) is 0 Å². The Morgan fingerprint density at radius 1 is 1.29 bits per heavy atom. The van der Waals surface area contributed by atoms with E-state index < -0.39 is 0 Å². The zero-order valence-corrected chi connectivity index (χ0v) is 7.01. The fourth-order valence-electron chi connectivity index (χ4n) is 1.19. The molecule has 1 aromatic heterocycles. The van der Waals surface area contributed by atoms with Gasteiger partial charge < -0.3 is 4.42 Å². The summed E-state index contributed by atoms with van der Waals surface area (Å²) in [6.07, 6.45) is 1.28. The highest BCUT2D eigenvalue weighted by atomic mass is 16.6. The number of fused-ring (bicyclic) bond motifs is 1. The smallest absolute Gasteiger partial charge is 0.317 e. The average Bonchev–Trinajstić information content (AvgIpc) is 2.18. The molecule has 2 rings (SSSR count). The van der Waals surface area contributed by atoms with E-state index in [4.69, 9.17) is 9.62 Å². The van der Waals surface area contributed by atoms with Crippen molar-refractivity contribution in [1.29, 1.82) is 0 Å². The third-order valence-electron chi connectivity index (χ3n) is 1.86. The van der Waals surface area contributed by atoms with E-state index in [1.165, 1.54) is 30.5 Å². The molecule has 0 aliphatic rings. The summed E-state index contributed by atoms with van der Waals surface area (Å²) in [6.45, 7) is 0. The van der Waals surface area contributed by atoms with Gasteiger partial charge in [-0.25, -0.2) is 5.21 Å². The molecule has 1 heterocycles. The van der Waals surface area contributed by atoms with Gasteiger partial charge >= 0.3 is 5.69 Å². The molecule has 0 aliphatic carbocycles. The van der Waals surface area contributed by atoms with Crippen molar-refractivity contribution >= 4 is 16.7 Å². The fraction of sp³-hybridized carbons (Fsp3) is 0. The van der Waals surface area contributed by atoms with Gasteiger partial charge in [0.05, 0.1) is 16.6 Å². The van der Waals surface area contributed by atoms with Crippen LogP contribution in [0.25, 0.3) is 11.0 Å². The quantitative estimate of drug-likeness (QED) is 0.696. The van der Waals surface area contributed by atoms with E-state index in [2.05, 4.69) is 0 Å². The van der Waals surface area contributed by atoms with Gasteiger partial charge in [-0.05, 0) is 6.07 Å². The standard InChI is InChI=1S/C9H6NO4/c11-8-3-4-14-9-2-1-6(10(12)13)5-7(8)9/h1-5H,(H,12,13)/q+1. The van der Waals surface area contributed by atoms with Crippen LogP contribution in [0.3, 0.4) is 0 Å². The second-order valence-electron chi connectivity index (χ2n) is 2.74. The van der Waals surface area contributed by atoms with Crippen molar-refractivity contribution in [2.45, 2.75) is 0 Å². The lowest BCUT2D eigenvalue weighted by Gasteiger charge is -1.92. The minimum atomic E-state index is -0.300. The van der Waals surface area contributed by atoms with Crippen LogP contribution in [0.2, 0.25) is 0 Å². The van der Waals surface area contributed by atoms with E-state index in [1.54, 1.807) is 0 Å². The van der Waals surface area contributed by atoms with E-state index in [1.807, 2.05) is 0 Å². The van der Waals surface area contributed by atoms with Crippen LogP contribution >= 0.6 is 0 Å². The molecule has 0 radical (unpaired) electrons. The monoisotopic (exact) mass is 192 g/mol. The third kappa shape index (κ3) is 1.24. The molecule has 0 atom stereocenters. The second kappa shape index (κ2) is 2.95. The Morgan fingerprint density at radius 3 is 2.79 bits per heavy atom. The molecule has 5 nitrogen and oxygen atoms in total. The van der Waals surface area contributed by atoms with E-state index in [-0.39, 0.29) is 21.4 Å². The summed E-state index contributed by atoms with van der Waals surface area (Å²) in [5.74, 6) is 0. The molecular weight excluding hydrogens is 186 g/mol. The molecule has 0 saturated heterocycles. The number of rotatable bonds is 1. The van der Waals surface area contributed by atoms with Crippen LogP contribution in [-0.4, -0.2) is 10.1 Å². The minimum absolute atomic E-state index is 0.00370. The van der Waals surface area contributed by atoms with Crippen LogP contribution in [0.5, 0.6) is 0 Å². The predicted molar refractivity (Wildman–Crippen MR) is 47.6 cm³/mol. The summed E-state index contributed by atoms with van der Waals surface area (Å²) in [6, 6.07) is 5.33. The van der Waals surface area contributed by atoms with Crippen LogP contribution in [-0.2, 0) is 0 Å². The normalized spacial score (nSPS) is 10.3. The molecule has 1 aromatic carbocycles. The molecule has 70 valence electrons. The SMILES string of the molecule is O=c1ccoc2ccc([N+](=O)O)cc12. The van der Waals surface area contributed by atoms with Crippen LogP contribution in [0.15, 0.2) is 39.7 Å². The molecule has 2 aromatic rings. The molecule has 0 saturated carbocycles. The Hall–Kier alpha value is -2.17. The Labute approximate surface area is 77.7 Å². The van der Waals surface area contributed by atoms with E-state index in [0.717, 1.165) is 0 Å². The molecule has 0 spiro atoms. The van der Waals surface area contributed by atoms with Gasteiger partial charge in [0, 0.05) is 18.2 Å². The van der Waals surface area contributed by atoms with Crippen molar-refractivity contribution in [3.8, 4) is 0 Å². The maximum Gasteiger partial charge on any atom is 0.317 e. The van der Waals surface area contributed by atoms with Gasteiger partial charge in [-0.15, -0.1) is 0 Å². The van der Waals surface area contributed by atoms with Gasteiger partial charge in [0.25, 0.3) is 4.92 Å². The van der Waals surface area contributed by atoms with Crippen molar-refractivity contribution in [2.24, 2.45) is 0 Å². The molecule has 1 N–H and O–H groups in total. The lowest BCUT2D eigenvalue weighted by atomic mass is 10.2. The molecule has 0 unspecified atom stereocenters. The molecule has 0 aliphatic heterocycles. The predicted octanol–water partition coefficient (Wildman–Crippen LogP) is 1.59. The van der Waals surface area contributed by atoms with Crippen LogP contribution < -0.4 is 5.43 Å². The van der Waals surface area contributed by atoms with Crippen molar-refractivity contribution in [2.75, 3.05) is 0 Å². The molecular formula is C9H6NO4+. The summed E-state index contributed by atoms with van der Waals surface area (Å²) >= 11 is 0. The lowest BCUT2D eigenvalue weighted by Crippen LogP contribution is -1.99. The highest BCUT2D eigenvalue weighted by Crippen LogP contribution is 2.16. The average molecular weight is 192 g/mol. The van der Waals surface area contributed by atoms with Gasteiger partial charge in [0.2, 0.25) is 0 Å². The second-order valence-corrected chi connectivity index (χ2v) is 2.74. The summed E-state index contributed by atoms with van der Waals surface area (Å²) in [5, 5.41) is 8.88. The Balaban J connectivity index is 2.83. The number of nitrogens with zero attached hydrogens (tertiary/aromatic N) is 1. The largest absolute Gasteiger partial charge is 0.464 e. The van der Waals surface area contributed by atoms with Gasteiger partial charge in [0.15, 0.2) is 5.43 Å².